The number of rotatable bonds is 15. The van der Waals surface area contributed by atoms with Gasteiger partial charge in [0.15, 0.2) is 11.4 Å². The Labute approximate surface area is 281 Å². The number of hydrogen-bond donors (Lipinski definition) is 3. The van der Waals surface area contributed by atoms with Crippen molar-refractivity contribution in [2.24, 2.45) is 40.4 Å². The molecule has 4 aliphatic carbocycles. The van der Waals surface area contributed by atoms with E-state index in [1.165, 1.54) is 38.5 Å². The Morgan fingerprint density at radius 2 is 1.62 bits per heavy atom. The Balaban J connectivity index is 1.39. The Hall–Kier alpha value is -1.81. The lowest BCUT2D eigenvalue weighted by atomic mass is 9.58. The summed E-state index contributed by atoms with van der Waals surface area (Å²) in [5, 5.41) is 36.1. The lowest BCUT2D eigenvalue weighted by Gasteiger charge is -2.49. The molecular formula is C38H60O9. The predicted molar refractivity (Wildman–Crippen MR) is 176 cm³/mol. The van der Waals surface area contributed by atoms with Crippen molar-refractivity contribution in [3.05, 3.63) is 11.6 Å². The second kappa shape index (κ2) is 12.8. The molecule has 0 amide bonds. The predicted octanol–water partition coefficient (Wildman–Crippen LogP) is 5.46. The van der Waals surface area contributed by atoms with Crippen molar-refractivity contribution in [3.63, 3.8) is 0 Å². The van der Waals surface area contributed by atoms with E-state index in [9.17, 15) is 29.7 Å². The normalized spacial score (nSPS) is 41.5. The topological polar surface area (TPSA) is 143 Å². The van der Waals surface area contributed by atoms with Crippen LogP contribution in [-0.2, 0) is 28.6 Å². The van der Waals surface area contributed by atoms with Crippen molar-refractivity contribution < 1.29 is 43.9 Å². The first kappa shape index (κ1) is 36.5. The molecule has 0 aromatic carbocycles. The number of fused-ring (bicyclic) bond motifs is 5. The molecule has 11 atom stereocenters. The van der Waals surface area contributed by atoms with E-state index in [-0.39, 0.29) is 24.3 Å². The zero-order chi connectivity index (χ0) is 34.7. The molecule has 3 saturated carbocycles. The second-order valence-electron chi connectivity index (χ2n) is 16.7. The summed E-state index contributed by atoms with van der Waals surface area (Å²) < 4.78 is 18.4. The number of epoxide rings is 1. The first-order chi connectivity index (χ1) is 22.0. The fraction of sp³-hybridized carbons (Fsp3) is 0.868. The van der Waals surface area contributed by atoms with Gasteiger partial charge in [-0.3, -0.25) is 14.4 Å². The molecule has 5 unspecified atom stereocenters. The number of carbonyl (C=O) groups excluding carboxylic acids is 3. The molecule has 1 heterocycles. The highest BCUT2D eigenvalue weighted by molar-refractivity contribution is 5.95. The van der Waals surface area contributed by atoms with Gasteiger partial charge in [-0.15, -0.1) is 0 Å². The van der Waals surface area contributed by atoms with Crippen LogP contribution in [0.2, 0.25) is 0 Å². The number of esters is 2. The summed E-state index contributed by atoms with van der Waals surface area (Å²) in [6.07, 6.45) is 8.35. The highest BCUT2D eigenvalue weighted by atomic mass is 16.7. The van der Waals surface area contributed by atoms with E-state index in [1.54, 1.807) is 19.9 Å². The van der Waals surface area contributed by atoms with Gasteiger partial charge in [0.25, 0.3) is 0 Å². The summed E-state index contributed by atoms with van der Waals surface area (Å²) >= 11 is 0. The zero-order valence-electron chi connectivity index (χ0n) is 30.0. The Morgan fingerprint density at radius 3 is 2.21 bits per heavy atom. The third-order valence-electron chi connectivity index (χ3n) is 13.3. The molecule has 5 aliphatic rings. The lowest BCUT2D eigenvalue weighted by molar-refractivity contribution is -0.215. The summed E-state index contributed by atoms with van der Waals surface area (Å²) in [6, 6.07) is 0. The molecule has 0 aromatic heterocycles. The smallest absolute Gasteiger partial charge is 0.309 e. The molecule has 9 nitrogen and oxygen atoms in total. The number of hydrogen-bond acceptors (Lipinski definition) is 9. The van der Waals surface area contributed by atoms with Crippen LogP contribution in [-0.4, -0.2) is 74.8 Å². The molecule has 3 N–H and O–H groups in total. The minimum atomic E-state index is -2.32. The molecule has 0 radical (unpaired) electrons. The van der Waals surface area contributed by atoms with Crippen LogP contribution in [0.5, 0.6) is 0 Å². The van der Waals surface area contributed by atoms with Gasteiger partial charge in [-0.1, -0.05) is 106 Å². The lowest BCUT2D eigenvalue weighted by Crippen LogP contribution is -2.68. The molecule has 5 rings (SSSR count). The van der Waals surface area contributed by atoms with E-state index in [4.69, 9.17) is 14.2 Å². The van der Waals surface area contributed by atoms with Crippen molar-refractivity contribution >= 4 is 17.7 Å². The van der Waals surface area contributed by atoms with Gasteiger partial charge in [-0.05, 0) is 37.2 Å². The van der Waals surface area contributed by atoms with E-state index in [0.717, 1.165) is 19.3 Å². The molecule has 0 aromatic rings. The molecule has 9 heteroatoms. The number of carbonyl (C=O) groups is 3. The van der Waals surface area contributed by atoms with Gasteiger partial charge in [0, 0.05) is 17.8 Å². The van der Waals surface area contributed by atoms with E-state index in [1.807, 2.05) is 34.6 Å². The maximum absolute atomic E-state index is 15.0. The van der Waals surface area contributed by atoms with Crippen LogP contribution in [0.1, 0.15) is 126 Å². The molecule has 47 heavy (non-hydrogen) atoms. The van der Waals surface area contributed by atoms with Crippen molar-refractivity contribution in [3.8, 4) is 0 Å². The molecule has 4 fully saturated rings. The summed E-state index contributed by atoms with van der Waals surface area (Å²) in [4.78, 5) is 41.4. The van der Waals surface area contributed by atoms with Gasteiger partial charge in [0.05, 0.1) is 17.3 Å². The standard InChI is InChI=1S/C38H60O9/c1-9-10-11-12-13-14-15-16-17-18-26(39)46-37-20-24(5)35-19-23(4)29(40)38(35,44)33(43)36(21-45-32(42)25(6)22(2)3)31(47-36)27(30(35)41)28(37)34(37,7)8/h19,22,24-25,27-29,31,33,40,43-44H,9-18,20-21H2,1-8H3/t24?,25?,27-,28+,29-,31?,33+,35?,36?,37-,38+/m0/s1. The molecule has 2 bridgehead atoms. The van der Waals surface area contributed by atoms with Gasteiger partial charge in [0.1, 0.15) is 36.1 Å². The SMILES string of the molecule is CCCCCCCCCCCC(=O)O[C@@]12CC(C)C34C=C(C)[C@H](O)[C@@]3(O)[C@H](O)C3(COC(=O)C(C)C(C)C)OC3[C@H](C4=O)[C@@H]1C2(C)C. The quantitative estimate of drug-likeness (QED) is 0.0904. The number of Topliss-reactive ketones (excluding diaryl/α,β-unsaturated/α-hetero) is 1. The van der Waals surface area contributed by atoms with Crippen molar-refractivity contribution in [1.82, 2.24) is 0 Å². The van der Waals surface area contributed by atoms with E-state index in [0.29, 0.717) is 18.4 Å². The Morgan fingerprint density at radius 1 is 1.02 bits per heavy atom. The highest BCUT2D eigenvalue weighted by Gasteiger charge is 2.90. The van der Waals surface area contributed by atoms with E-state index in [2.05, 4.69) is 6.92 Å². The molecule has 1 aliphatic heterocycles. The van der Waals surface area contributed by atoms with Crippen LogP contribution < -0.4 is 0 Å². The van der Waals surface area contributed by atoms with Crippen molar-refractivity contribution in [1.29, 1.82) is 0 Å². The third-order valence-corrected chi connectivity index (χ3v) is 13.3. The first-order valence-corrected chi connectivity index (χ1v) is 18.4. The van der Waals surface area contributed by atoms with Crippen LogP contribution in [0.4, 0.5) is 0 Å². The van der Waals surface area contributed by atoms with Gasteiger partial charge in [-0.2, -0.15) is 0 Å². The van der Waals surface area contributed by atoms with Crippen LogP contribution in [0.3, 0.4) is 0 Å². The second-order valence-corrected chi connectivity index (χ2v) is 16.7. The minimum Gasteiger partial charge on any atom is -0.462 e. The van der Waals surface area contributed by atoms with Gasteiger partial charge in [-0.25, -0.2) is 0 Å². The molecule has 1 spiro atoms. The average molecular weight is 661 g/mol. The van der Waals surface area contributed by atoms with Crippen LogP contribution in [0.25, 0.3) is 0 Å². The number of aliphatic hydroxyl groups is 3. The summed E-state index contributed by atoms with van der Waals surface area (Å²) in [7, 11) is 0. The minimum absolute atomic E-state index is 0.0224. The van der Waals surface area contributed by atoms with E-state index < -0.39 is 75.6 Å². The largest absolute Gasteiger partial charge is 0.462 e. The third kappa shape index (κ3) is 5.36. The van der Waals surface area contributed by atoms with Crippen molar-refractivity contribution in [2.45, 2.75) is 161 Å². The summed E-state index contributed by atoms with van der Waals surface area (Å²) in [5.74, 6) is -3.34. The summed E-state index contributed by atoms with van der Waals surface area (Å²) in [5.41, 5.74) is -6.73. The fourth-order valence-corrected chi connectivity index (χ4v) is 9.92. The molecule has 266 valence electrons. The van der Waals surface area contributed by atoms with Gasteiger partial charge < -0.3 is 29.5 Å². The number of ether oxygens (including phenoxy) is 3. The fourth-order valence-electron chi connectivity index (χ4n) is 9.92. The first-order valence-electron chi connectivity index (χ1n) is 18.4. The number of unbranched alkanes of at least 4 members (excludes halogenated alkanes) is 8. The highest BCUT2D eigenvalue weighted by Crippen LogP contribution is 2.78. The van der Waals surface area contributed by atoms with Gasteiger partial charge in [0.2, 0.25) is 0 Å². The van der Waals surface area contributed by atoms with E-state index >= 15 is 0 Å². The van der Waals surface area contributed by atoms with Crippen LogP contribution in [0.15, 0.2) is 11.6 Å². The molecule has 1 saturated heterocycles. The van der Waals surface area contributed by atoms with Crippen molar-refractivity contribution in [2.75, 3.05) is 6.61 Å². The maximum Gasteiger partial charge on any atom is 0.309 e. The average Bonchev–Trinajstić information content (AvgIpc) is 3.84. The number of ketones is 1. The maximum atomic E-state index is 15.0. The number of aliphatic hydroxyl groups excluding tert-OH is 2. The Kier molecular flexibility index (Phi) is 9.95. The molecular weight excluding hydrogens is 600 g/mol. The summed E-state index contributed by atoms with van der Waals surface area (Å²) in [6.45, 7) is 14.9. The zero-order valence-corrected chi connectivity index (χ0v) is 30.0. The Bertz CT molecular complexity index is 1260. The monoisotopic (exact) mass is 660 g/mol. The van der Waals surface area contributed by atoms with Crippen LogP contribution in [0, 0.1) is 40.4 Å². The van der Waals surface area contributed by atoms with Gasteiger partial charge >= 0.3 is 11.9 Å². The van der Waals surface area contributed by atoms with Crippen LogP contribution >= 0.6 is 0 Å².